The van der Waals surface area contributed by atoms with Crippen LogP contribution in [0, 0.1) is 12.8 Å². The molecule has 1 aliphatic heterocycles. The van der Waals surface area contributed by atoms with Gasteiger partial charge in [0.2, 0.25) is 5.91 Å². The molecule has 0 saturated carbocycles. The number of anilines is 1. The van der Waals surface area contributed by atoms with Gasteiger partial charge in [0.1, 0.15) is 0 Å². The monoisotopic (exact) mass is 309 g/mol. The molecule has 4 nitrogen and oxygen atoms in total. The topological polar surface area (TPSA) is 58.4 Å². The molecule has 1 heterocycles. The summed E-state index contributed by atoms with van der Waals surface area (Å²) in [4.78, 5) is 14.4. The number of aryl methyl sites for hydroxylation is 1. The number of halogens is 1. The van der Waals surface area contributed by atoms with Gasteiger partial charge in [0, 0.05) is 23.3 Å². The molecule has 0 bridgehead atoms. The van der Waals surface area contributed by atoms with Crippen molar-refractivity contribution in [3.05, 3.63) is 28.8 Å². The zero-order chi connectivity index (χ0) is 15.4. The van der Waals surface area contributed by atoms with E-state index in [2.05, 4.69) is 17.1 Å². The van der Waals surface area contributed by atoms with Crippen molar-refractivity contribution < 1.29 is 4.79 Å². The smallest absolute Gasteiger partial charge is 0.238 e. The second-order valence-corrected chi connectivity index (χ2v) is 6.43. The number of nitrogens with two attached hydrogens (primary N) is 1. The Morgan fingerprint density at radius 1 is 1.52 bits per heavy atom. The minimum atomic E-state index is 0.00780. The van der Waals surface area contributed by atoms with Crippen molar-refractivity contribution in [2.45, 2.75) is 32.7 Å². The van der Waals surface area contributed by atoms with Gasteiger partial charge in [-0.1, -0.05) is 18.5 Å². The van der Waals surface area contributed by atoms with Crippen LogP contribution in [0.5, 0.6) is 0 Å². The minimum Gasteiger partial charge on any atom is -0.329 e. The fourth-order valence-corrected chi connectivity index (χ4v) is 3.12. The first-order chi connectivity index (χ1) is 9.99. The average Bonchev–Trinajstić information content (AvgIpc) is 2.44. The molecule has 2 rings (SSSR count). The molecule has 2 unspecified atom stereocenters. The molecule has 1 saturated heterocycles. The third-order valence-corrected chi connectivity index (χ3v) is 4.42. The summed E-state index contributed by atoms with van der Waals surface area (Å²) in [5.41, 5.74) is 7.63. The van der Waals surface area contributed by atoms with E-state index in [1.54, 1.807) is 6.07 Å². The number of nitrogens with one attached hydrogen (secondary N) is 1. The highest BCUT2D eigenvalue weighted by Crippen LogP contribution is 2.22. The minimum absolute atomic E-state index is 0.00780. The van der Waals surface area contributed by atoms with Gasteiger partial charge in [-0.15, -0.1) is 0 Å². The lowest BCUT2D eigenvalue weighted by Crippen LogP contribution is -2.49. The Labute approximate surface area is 131 Å². The maximum absolute atomic E-state index is 12.2. The molecule has 1 aromatic rings. The van der Waals surface area contributed by atoms with E-state index in [-0.39, 0.29) is 5.91 Å². The van der Waals surface area contributed by atoms with Crippen LogP contribution < -0.4 is 11.1 Å². The summed E-state index contributed by atoms with van der Waals surface area (Å²) in [6, 6.07) is 5.79. The largest absolute Gasteiger partial charge is 0.329 e. The second-order valence-electron chi connectivity index (χ2n) is 6.00. The van der Waals surface area contributed by atoms with Crippen LogP contribution in [-0.4, -0.2) is 36.5 Å². The molecule has 5 heteroatoms. The standard InChI is InChI=1S/C16H24ClN3O/c1-11-5-6-20(14(7-11)9-18)10-16(21)19-15-4-3-13(17)8-12(15)2/h3-4,8,11,14H,5-7,9-10,18H2,1-2H3,(H,19,21). The highest BCUT2D eigenvalue weighted by Gasteiger charge is 2.26. The predicted molar refractivity (Wildman–Crippen MR) is 87.6 cm³/mol. The average molecular weight is 310 g/mol. The molecule has 0 radical (unpaired) electrons. The van der Waals surface area contributed by atoms with Crippen LogP contribution in [0.3, 0.4) is 0 Å². The summed E-state index contributed by atoms with van der Waals surface area (Å²) >= 11 is 5.93. The van der Waals surface area contributed by atoms with Gasteiger partial charge in [-0.2, -0.15) is 0 Å². The Balaban J connectivity index is 1.94. The van der Waals surface area contributed by atoms with Crippen molar-refractivity contribution >= 4 is 23.2 Å². The molecule has 1 aliphatic rings. The van der Waals surface area contributed by atoms with Gasteiger partial charge >= 0.3 is 0 Å². The van der Waals surface area contributed by atoms with E-state index in [0.717, 1.165) is 30.6 Å². The number of nitrogens with zero attached hydrogens (tertiary/aromatic N) is 1. The molecule has 0 spiro atoms. The number of carbonyl (C=O) groups is 1. The quantitative estimate of drug-likeness (QED) is 0.899. The number of carbonyl (C=O) groups excluding carboxylic acids is 1. The maximum atomic E-state index is 12.2. The highest BCUT2D eigenvalue weighted by atomic mass is 35.5. The first-order valence-electron chi connectivity index (χ1n) is 7.49. The summed E-state index contributed by atoms with van der Waals surface area (Å²) in [6.07, 6.45) is 2.20. The van der Waals surface area contributed by atoms with Crippen LogP contribution in [0.25, 0.3) is 0 Å². The summed E-state index contributed by atoms with van der Waals surface area (Å²) in [7, 11) is 0. The van der Waals surface area contributed by atoms with E-state index in [0.29, 0.717) is 30.1 Å². The van der Waals surface area contributed by atoms with Crippen molar-refractivity contribution in [2.24, 2.45) is 11.7 Å². The normalized spacial score (nSPS) is 23.0. The van der Waals surface area contributed by atoms with E-state index >= 15 is 0 Å². The van der Waals surface area contributed by atoms with Crippen molar-refractivity contribution in [1.82, 2.24) is 4.90 Å². The Kier molecular flexibility index (Phi) is 5.62. The molecule has 1 amide bonds. The summed E-state index contributed by atoms with van der Waals surface area (Å²) in [5, 5.41) is 3.64. The molecular weight excluding hydrogens is 286 g/mol. The number of hydrogen-bond donors (Lipinski definition) is 2. The van der Waals surface area contributed by atoms with E-state index in [1.807, 2.05) is 19.1 Å². The summed E-state index contributed by atoms with van der Waals surface area (Å²) in [6.45, 7) is 6.13. The lowest BCUT2D eigenvalue weighted by molar-refractivity contribution is -0.118. The molecule has 0 aliphatic carbocycles. The zero-order valence-electron chi connectivity index (χ0n) is 12.7. The number of likely N-dealkylation sites (tertiary alicyclic amines) is 1. The number of piperidine rings is 1. The third kappa shape index (κ3) is 4.43. The second kappa shape index (κ2) is 7.25. The van der Waals surface area contributed by atoms with Crippen LogP contribution in [-0.2, 0) is 4.79 Å². The fourth-order valence-electron chi connectivity index (χ4n) is 2.90. The van der Waals surface area contributed by atoms with Gasteiger partial charge in [0.05, 0.1) is 6.54 Å². The van der Waals surface area contributed by atoms with Crippen molar-refractivity contribution in [3.63, 3.8) is 0 Å². The molecular formula is C16H24ClN3O. The maximum Gasteiger partial charge on any atom is 0.238 e. The molecule has 2 atom stereocenters. The molecule has 1 aromatic carbocycles. The molecule has 3 N–H and O–H groups in total. The fraction of sp³-hybridized carbons (Fsp3) is 0.562. The number of hydrogen-bond acceptors (Lipinski definition) is 3. The lowest BCUT2D eigenvalue weighted by Gasteiger charge is -2.37. The number of amides is 1. The zero-order valence-corrected chi connectivity index (χ0v) is 13.5. The number of benzene rings is 1. The number of rotatable bonds is 4. The van der Waals surface area contributed by atoms with Gasteiger partial charge in [-0.25, -0.2) is 0 Å². The van der Waals surface area contributed by atoms with E-state index in [1.165, 1.54) is 0 Å². The summed E-state index contributed by atoms with van der Waals surface area (Å²) < 4.78 is 0. The molecule has 116 valence electrons. The van der Waals surface area contributed by atoms with Crippen molar-refractivity contribution in [1.29, 1.82) is 0 Å². The van der Waals surface area contributed by atoms with Crippen molar-refractivity contribution in [2.75, 3.05) is 25.0 Å². The highest BCUT2D eigenvalue weighted by molar-refractivity contribution is 6.30. The van der Waals surface area contributed by atoms with Gasteiger partial charge in [0.25, 0.3) is 0 Å². The lowest BCUT2D eigenvalue weighted by atomic mass is 9.92. The Hall–Kier alpha value is -1.10. The van der Waals surface area contributed by atoms with E-state index in [9.17, 15) is 4.79 Å². The van der Waals surface area contributed by atoms with Crippen molar-refractivity contribution in [3.8, 4) is 0 Å². The van der Waals surface area contributed by atoms with E-state index in [4.69, 9.17) is 17.3 Å². The first-order valence-corrected chi connectivity index (χ1v) is 7.87. The Morgan fingerprint density at radius 3 is 2.95 bits per heavy atom. The van der Waals surface area contributed by atoms with Crippen LogP contribution >= 0.6 is 11.6 Å². The molecule has 21 heavy (non-hydrogen) atoms. The molecule has 1 fully saturated rings. The molecule has 0 aromatic heterocycles. The first kappa shape index (κ1) is 16.3. The van der Waals surface area contributed by atoms with Crippen LogP contribution in [0.2, 0.25) is 5.02 Å². The third-order valence-electron chi connectivity index (χ3n) is 4.18. The van der Waals surface area contributed by atoms with Gasteiger partial charge < -0.3 is 11.1 Å². The summed E-state index contributed by atoms with van der Waals surface area (Å²) in [5.74, 6) is 0.699. The Bertz CT molecular complexity index is 506. The SMILES string of the molecule is Cc1cc(Cl)ccc1NC(=O)CN1CCC(C)CC1CN. The Morgan fingerprint density at radius 2 is 2.29 bits per heavy atom. The predicted octanol–water partition coefficient (Wildman–Crippen LogP) is 2.65. The van der Waals surface area contributed by atoms with Gasteiger partial charge in [0.15, 0.2) is 0 Å². The van der Waals surface area contributed by atoms with Gasteiger partial charge in [-0.3, -0.25) is 9.69 Å². The van der Waals surface area contributed by atoms with Crippen LogP contribution in [0.1, 0.15) is 25.3 Å². The van der Waals surface area contributed by atoms with Crippen LogP contribution in [0.15, 0.2) is 18.2 Å². The van der Waals surface area contributed by atoms with E-state index < -0.39 is 0 Å². The van der Waals surface area contributed by atoms with Gasteiger partial charge in [-0.05, 0) is 56.0 Å². The van der Waals surface area contributed by atoms with Crippen LogP contribution in [0.4, 0.5) is 5.69 Å².